The van der Waals surface area contributed by atoms with E-state index in [1.165, 1.54) is 11.6 Å². The third-order valence-corrected chi connectivity index (χ3v) is 3.34. The number of pyridine rings is 1. The molecule has 0 aliphatic carbocycles. The van der Waals surface area contributed by atoms with Crippen molar-refractivity contribution in [2.75, 3.05) is 0 Å². The molecule has 0 aliphatic rings. The third-order valence-electron chi connectivity index (χ3n) is 3.34. The highest BCUT2D eigenvalue weighted by Crippen LogP contribution is 2.07. The average Bonchev–Trinajstić information content (AvgIpc) is 2.94. The van der Waals surface area contributed by atoms with Gasteiger partial charge in [-0.2, -0.15) is 0 Å². The van der Waals surface area contributed by atoms with Crippen molar-refractivity contribution in [3.63, 3.8) is 0 Å². The molecule has 0 radical (unpaired) electrons. The first-order chi connectivity index (χ1) is 10.7. The van der Waals surface area contributed by atoms with Crippen molar-refractivity contribution >= 4 is 17.6 Å². The van der Waals surface area contributed by atoms with E-state index in [4.69, 9.17) is 0 Å². The van der Waals surface area contributed by atoms with E-state index in [0.717, 1.165) is 16.9 Å². The fraction of sp³-hybridized carbons (Fsp3) is 0.111. The van der Waals surface area contributed by atoms with Crippen molar-refractivity contribution in [3.8, 4) is 0 Å². The normalized spacial score (nSPS) is 11.1. The highest BCUT2D eigenvalue weighted by Gasteiger charge is 2.03. The number of nitrogens with zero attached hydrogens (tertiary/aromatic N) is 2. The predicted octanol–water partition coefficient (Wildman–Crippen LogP) is 2.97. The summed E-state index contributed by atoms with van der Waals surface area (Å²) in [4.78, 5) is 16.3. The molecule has 110 valence electrons. The van der Waals surface area contributed by atoms with Crippen molar-refractivity contribution in [2.24, 2.45) is 0 Å². The van der Waals surface area contributed by atoms with Crippen LogP contribution in [-0.4, -0.2) is 15.3 Å². The maximum Gasteiger partial charge on any atom is 0.244 e. The van der Waals surface area contributed by atoms with Gasteiger partial charge in [0, 0.05) is 18.5 Å². The van der Waals surface area contributed by atoms with Gasteiger partial charge in [0.05, 0.1) is 12.2 Å². The lowest BCUT2D eigenvalue weighted by atomic mass is 10.2. The minimum Gasteiger partial charge on any atom is -0.347 e. The van der Waals surface area contributed by atoms with Gasteiger partial charge in [-0.05, 0) is 36.3 Å². The Hall–Kier alpha value is -2.88. The zero-order valence-corrected chi connectivity index (χ0v) is 12.4. The number of rotatable bonds is 4. The third kappa shape index (κ3) is 3.41. The molecule has 3 rings (SSSR count). The summed E-state index contributed by atoms with van der Waals surface area (Å²) in [7, 11) is 0. The van der Waals surface area contributed by atoms with Crippen LogP contribution >= 0.6 is 0 Å². The van der Waals surface area contributed by atoms with E-state index in [1.807, 2.05) is 66.2 Å². The SMILES string of the molecule is Cc1ccn2cc(CNC(=O)/C=C/c3ccccc3)nc2c1. The van der Waals surface area contributed by atoms with Gasteiger partial charge in [-0.3, -0.25) is 4.79 Å². The molecular weight excluding hydrogens is 274 g/mol. The summed E-state index contributed by atoms with van der Waals surface area (Å²) in [5.41, 5.74) is 3.90. The van der Waals surface area contributed by atoms with E-state index in [-0.39, 0.29) is 5.91 Å². The molecule has 0 saturated carbocycles. The maximum atomic E-state index is 11.8. The van der Waals surface area contributed by atoms with Crippen molar-refractivity contribution in [2.45, 2.75) is 13.5 Å². The molecule has 2 heterocycles. The van der Waals surface area contributed by atoms with Crippen LogP contribution in [0.25, 0.3) is 11.7 Å². The molecule has 4 nitrogen and oxygen atoms in total. The number of nitrogens with one attached hydrogen (secondary N) is 1. The van der Waals surface area contributed by atoms with Crippen molar-refractivity contribution < 1.29 is 4.79 Å². The molecule has 0 spiro atoms. The molecular formula is C18H17N3O. The standard InChI is InChI=1S/C18H17N3O/c1-14-9-10-21-13-16(20-17(21)11-14)12-19-18(22)8-7-15-5-3-2-4-6-15/h2-11,13H,12H2,1H3,(H,19,22)/b8-7+. The van der Waals surface area contributed by atoms with Gasteiger partial charge in [-0.15, -0.1) is 0 Å². The van der Waals surface area contributed by atoms with E-state index in [2.05, 4.69) is 10.3 Å². The van der Waals surface area contributed by atoms with Gasteiger partial charge >= 0.3 is 0 Å². The van der Waals surface area contributed by atoms with Crippen LogP contribution in [0, 0.1) is 6.92 Å². The number of imidazole rings is 1. The number of hydrogen-bond donors (Lipinski definition) is 1. The molecule has 0 fully saturated rings. The maximum absolute atomic E-state index is 11.8. The first kappa shape index (κ1) is 14.1. The topological polar surface area (TPSA) is 46.4 Å². The summed E-state index contributed by atoms with van der Waals surface area (Å²) < 4.78 is 1.95. The van der Waals surface area contributed by atoms with E-state index < -0.39 is 0 Å². The van der Waals surface area contributed by atoms with E-state index in [1.54, 1.807) is 6.08 Å². The van der Waals surface area contributed by atoms with E-state index in [0.29, 0.717) is 6.54 Å². The smallest absolute Gasteiger partial charge is 0.244 e. The fourth-order valence-corrected chi connectivity index (χ4v) is 2.19. The molecule has 0 bridgehead atoms. The molecule has 0 atom stereocenters. The van der Waals surface area contributed by atoms with Crippen molar-refractivity contribution in [1.29, 1.82) is 0 Å². The molecule has 1 aromatic carbocycles. The molecule has 4 heteroatoms. The Morgan fingerprint density at radius 1 is 1.27 bits per heavy atom. The highest BCUT2D eigenvalue weighted by molar-refractivity contribution is 5.91. The predicted molar refractivity (Wildman–Crippen MR) is 87.3 cm³/mol. The van der Waals surface area contributed by atoms with Gasteiger partial charge in [0.25, 0.3) is 0 Å². The summed E-state index contributed by atoms with van der Waals surface area (Å²) in [5, 5.41) is 2.84. The zero-order chi connectivity index (χ0) is 15.4. The summed E-state index contributed by atoms with van der Waals surface area (Å²) in [5.74, 6) is -0.128. The molecule has 0 unspecified atom stereocenters. The van der Waals surface area contributed by atoms with Gasteiger partial charge in [0.15, 0.2) is 0 Å². The first-order valence-corrected chi connectivity index (χ1v) is 7.16. The van der Waals surface area contributed by atoms with Gasteiger partial charge < -0.3 is 9.72 Å². The molecule has 2 aromatic heterocycles. The number of hydrogen-bond acceptors (Lipinski definition) is 2. The Labute approximate surface area is 129 Å². The van der Waals surface area contributed by atoms with Crippen LogP contribution in [0.4, 0.5) is 0 Å². The Morgan fingerprint density at radius 2 is 2.09 bits per heavy atom. The molecule has 1 amide bonds. The van der Waals surface area contributed by atoms with Crippen LogP contribution in [0.1, 0.15) is 16.8 Å². The number of benzene rings is 1. The summed E-state index contributed by atoms with van der Waals surface area (Å²) in [6.45, 7) is 2.45. The Morgan fingerprint density at radius 3 is 2.91 bits per heavy atom. The van der Waals surface area contributed by atoms with Crippen LogP contribution in [0.3, 0.4) is 0 Å². The first-order valence-electron chi connectivity index (χ1n) is 7.16. The van der Waals surface area contributed by atoms with Crippen LogP contribution in [0.5, 0.6) is 0 Å². The lowest BCUT2D eigenvalue weighted by Crippen LogP contribution is -2.20. The quantitative estimate of drug-likeness (QED) is 0.751. The van der Waals surface area contributed by atoms with Crippen LogP contribution < -0.4 is 5.32 Å². The summed E-state index contributed by atoms with van der Waals surface area (Å²) in [6.07, 6.45) is 7.23. The highest BCUT2D eigenvalue weighted by atomic mass is 16.1. The van der Waals surface area contributed by atoms with Crippen LogP contribution in [-0.2, 0) is 11.3 Å². The molecule has 3 aromatic rings. The Kier molecular flexibility index (Phi) is 4.01. The molecule has 22 heavy (non-hydrogen) atoms. The van der Waals surface area contributed by atoms with Crippen molar-refractivity contribution in [1.82, 2.24) is 14.7 Å². The largest absolute Gasteiger partial charge is 0.347 e. The number of carbonyl (C=O) groups is 1. The van der Waals surface area contributed by atoms with Gasteiger partial charge in [-0.25, -0.2) is 4.98 Å². The lowest BCUT2D eigenvalue weighted by molar-refractivity contribution is -0.116. The Bertz CT molecular complexity index is 819. The minimum absolute atomic E-state index is 0.128. The number of aryl methyl sites for hydroxylation is 1. The monoisotopic (exact) mass is 291 g/mol. The summed E-state index contributed by atoms with van der Waals surface area (Å²) in [6, 6.07) is 13.8. The second-order valence-corrected chi connectivity index (χ2v) is 5.16. The second kappa shape index (κ2) is 6.26. The second-order valence-electron chi connectivity index (χ2n) is 5.16. The lowest BCUT2D eigenvalue weighted by Gasteiger charge is -1.98. The van der Waals surface area contributed by atoms with E-state index >= 15 is 0 Å². The van der Waals surface area contributed by atoms with Crippen molar-refractivity contribution in [3.05, 3.63) is 77.8 Å². The van der Waals surface area contributed by atoms with Gasteiger partial charge in [-0.1, -0.05) is 30.3 Å². The minimum atomic E-state index is -0.128. The fourth-order valence-electron chi connectivity index (χ4n) is 2.19. The molecule has 1 N–H and O–H groups in total. The average molecular weight is 291 g/mol. The van der Waals surface area contributed by atoms with Gasteiger partial charge in [0.1, 0.15) is 5.65 Å². The number of aromatic nitrogens is 2. The number of fused-ring (bicyclic) bond motifs is 1. The summed E-state index contributed by atoms with van der Waals surface area (Å²) >= 11 is 0. The molecule has 0 saturated heterocycles. The van der Waals surface area contributed by atoms with Crippen LogP contribution in [0.2, 0.25) is 0 Å². The Balaban J connectivity index is 1.61. The number of carbonyl (C=O) groups excluding carboxylic acids is 1. The molecule has 0 aliphatic heterocycles. The number of amides is 1. The zero-order valence-electron chi connectivity index (χ0n) is 12.4. The van der Waals surface area contributed by atoms with Gasteiger partial charge in [0.2, 0.25) is 5.91 Å². The van der Waals surface area contributed by atoms with E-state index in [9.17, 15) is 4.79 Å². The van der Waals surface area contributed by atoms with Crippen LogP contribution in [0.15, 0.2) is 60.9 Å².